The summed E-state index contributed by atoms with van der Waals surface area (Å²) in [5, 5.41) is 11.6. The third-order valence-electron chi connectivity index (χ3n) is 1.51. The quantitative estimate of drug-likeness (QED) is 0.542. The van der Waals surface area contributed by atoms with Crippen molar-refractivity contribution in [2.24, 2.45) is 0 Å². The molecule has 0 fully saturated rings. The Balaban J connectivity index is 2.63. The molecule has 1 rings (SSSR count). The molecule has 2 N–H and O–H groups in total. The summed E-state index contributed by atoms with van der Waals surface area (Å²) in [6.07, 6.45) is 5.25. The molecule has 0 saturated heterocycles. The molecule has 5 heteroatoms. The Labute approximate surface area is 81.5 Å². The number of hydrogen-bond donors (Lipinski definition) is 2. The van der Waals surface area contributed by atoms with Gasteiger partial charge in [-0.3, -0.25) is 4.98 Å². The van der Waals surface area contributed by atoms with Crippen molar-refractivity contribution in [3.8, 4) is 0 Å². The van der Waals surface area contributed by atoms with Crippen molar-refractivity contribution in [2.45, 2.75) is 6.42 Å². The van der Waals surface area contributed by atoms with Crippen LogP contribution in [-0.4, -0.2) is 27.6 Å². The minimum absolute atomic E-state index is 0.0615. The van der Waals surface area contributed by atoms with Gasteiger partial charge in [0, 0.05) is 6.54 Å². The largest absolute Gasteiger partial charge is 0.476 e. The summed E-state index contributed by atoms with van der Waals surface area (Å²) in [6, 6.07) is 0. The van der Waals surface area contributed by atoms with Crippen LogP contribution in [-0.2, 0) is 0 Å². The minimum Gasteiger partial charge on any atom is -0.476 e. The molecule has 0 unspecified atom stereocenters. The van der Waals surface area contributed by atoms with Crippen LogP contribution in [0.3, 0.4) is 0 Å². The summed E-state index contributed by atoms with van der Waals surface area (Å²) in [5.74, 6) is -0.614. The van der Waals surface area contributed by atoms with Gasteiger partial charge in [-0.2, -0.15) is 0 Å². The Morgan fingerprint density at radius 2 is 2.43 bits per heavy atom. The van der Waals surface area contributed by atoms with Crippen LogP contribution in [0.1, 0.15) is 16.9 Å². The molecule has 0 atom stereocenters. The fourth-order valence-electron chi connectivity index (χ4n) is 0.856. The van der Waals surface area contributed by atoms with Gasteiger partial charge in [0.15, 0.2) is 5.69 Å². The van der Waals surface area contributed by atoms with E-state index in [-0.39, 0.29) is 5.69 Å². The Bertz CT molecular complexity index is 339. The zero-order chi connectivity index (χ0) is 10.4. The van der Waals surface area contributed by atoms with E-state index in [0.717, 1.165) is 6.42 Å². The molecule has 0 radical (unpaired) electrons. The van der Waals surface area contributed by atoms with Gasteiger partial charge in [-0.25, -0.2) is 9.78 Å². The van der Waals surface area contributed by atoms with Gasteiger partial charge in [0.25, 0.3) is 0 Å². The highest BCUT2D eigenvalue weighted by Gasteiger charge is 2.04. The highest BCUT2D eigenvalue weighted by atomic mass is 16.4. The van der Waals surface area contributed by atoms with E-state index in [1.165, 1.54) is 12.4 Å². The summed E-state index contributed by atoms with van der Waals surface area (Å²) in [5.41, 5.74) is -0.0615. The molecule has 1 heterocycles. The lowest BCUT2D eigenvalue weighted by molar-refractivity contribution is 0.0690. The molecule has 0 aliphatic carbocycles. The second-order valence-electron chi connectivity index (χ2n) is 2.60. The minimum atomic E-state index is -1.08. The highest BCUT2D eigenvalue weighted by Crippen LogP contribution is 2.01. The van der Waals surface area contributed by atoms with Crippen molar-refractivity contribution in [3.63, 3.8) is 0 Å². The number of hydrogen-bond acceptors (Lipinski definition) is 4. The average molecular weight is 193 g/mol. The predicted molar refractivity (Wildman–Crippen MR) is 52.3 cm³/mol. The van der Waals surface area contributed by atoms with Crippen LogP contribution in [0.2, 0.25) is 0 Å². The van der Waals surface area contributed by atoms with E-state index in [0.29, 0.717) is 12.4 Å². The van der Waals surface area contributed by atoms with Gasteiger partial charge >= 0.3 is 5.97 Å². The maximum atomic E-state index is 10.5. The number of aromatic nitrogens is 2. The predicted octanol–water partition coefficient (Wildman–Crippen LogP) is 1.16. The summed E-state index contributed by atoms with van der Waals surface area (Å²) in [7, 11) is 0. The molecule has 0 spiro atoms. The van der Waals surface area contributed by atoms with E-state index < -0.39 is 5.97 Å². The van der Waals surface area contributed by atoms with Crippen LogP contribution in [0.15, 0.2) is 25.0 Å². The fourth-order valence-corrected chi connectivity index (χ4v) is 0.856. The van der Waals surface area contributed by atoms with Gasteiger partial charge in [-0.1, -0.05) is 6.08 Å². The lowest BCUT2D eigenvalue weighted by atomic mass is 10.4. The van der Waals surface area contributed by atoms with Crippen molar-refractivity contribution in [1.82, 2.24) is 9.97 Å². The number of nitrogens with one attached hydrogen (secondary N) is 1. The number of carbonyl (C=O) groups is 1. The molecule has 0 aromatic carbocycles. The molecule has 0 amide bonds. The topological polar surface area (TPSA) is 75.1 Å². The monoisotopic (exact) mass is 193 g/mol. The van der Waals surface area contributed by atoms with Crippen molar-refractivity contribution < 1.29 is 9.90 Å². The van der Waals surface area contributed by atoms with Gasteiger partial charge in [0.05, 0.1) is 12.4 Å². The molecule has 5 nitrogen and oxygen atoms in total. The van der Waals surface area contributed by atoms with Crippen LogP contribution < -0.4 is 5.32 Å². The molecular formula is C9H11N3O2. The Morgan fingerprint density at radius 1 is 1.64 bits per heavy atom. The molecule has 0 aliphatic heterocycles. The first-order valence-corrected chi connectivity index (χ1v) is 4.14. The summed E-state index contributed by atoms with van der Waals surface area (Å²) in [6.45, 7) is 4.24. The third kappa shape index (κ3) is 2.85. The standard InChI is InChI=1S/C9H11N3O2/c1-2-3-4-11-8-6-10-5-7(12-8)9(13)14/h2,5-6H,1,3-4H2,(H,11,12)(H,13,14). The average Bonchev–Trinajstić information content (AvgIpc) is 2.19. The van der Waals surface area contributed by atoms with E-state index in [4.69, 9.17) is 5.11 Å². The number of aromatic carboxylic acids is 1. The van der Waals surface area contributed by atoms with Crippen molar-refractivity contribution in [3.05, 3.63) is 30.7 Å². The van der Waals surface area contributed by atoms with Crippen molar-refractivity contribution in [1.29, 1.82) is 0 Å². The fraction of sp³-hybridized carbons (Fsp3) is 0.222. The number of carboxylic acids is 1. The van der Waals surface area contributed by atoms with Crippen molar-refractivity contribution in [2.75, 3.05) is 11.9 Å². The Hall–Kier alpha value is -1.91. The lowest BCUT2D eigenvalue weighted by Crippen LogP contribution is -2.07. The second kappa shape index (κ2) is 4.96. The third-order valence-corrected chi connectivity index (χ3v) is 1.51. The first-order valence-electron chi connectivity index (χ1n) is 4.14. The normalized spacial score (nSPS) is 9.43. The molecule has 0 saturated carbocycles. The SMILES string of the molecule is C=CCCNc1cncc(C(=O)O)n1. The molecule has 0 aliphatic rings. The van der Waals surface area contributed by atoms with E-state index in [9.17, 15) is 4.79 Å². The van der Waals surface area contributed by atoms with Crippen LogP contribution in [0, 0.1) is 0 Å². The van der Waals surface area contributed by atoms with Crippen LogP contribution >= 0.6 is 0 Å². The summed E-state index contributed by atoms with van der Waals surface area (Å²) >= 11 is 0. The number of carboxylic acid groups (broad SMARTS) is 1. The van der Waals surface area contributed by atoms with Crippen LogP contribution in [0.5, 0.6) is 0 Å². The van der Waals surface area contributed by atoms with Crippen LogP contribution in [0.25, 0.3) is 0 Å². The summed E-state index contributed by atoms with van der Waals surface area (Å²) < 4.78 is 0. The number of rotatable bonds is 5. The van der Waals surface area contributed by atoms with Gasteiger partial charge in [0.2, 0.25) is 0 Å². The molecule has 74 valence electrons. The highest BCUT2D eigenvalue weighted by molar-refractivity contribution is 5.85. The maximum absolute atomic E-state index is 10.5. The van der Waals surface area contributed by atoms with Gasteiger partial charge in [-0.15, -0.1) is 6.58 Å². The van der Waals surface area contributed by atoms with Gasteiger partial charge in [-0.05, 0) is 6.42 Å². The zero-order valence-electron chi connectivity index (χ0n) is 7.60. The maximum Gasteiger partial charge on any atom is 0.356 e. The van der Waals surface area contributed by atoms with E-state index in [1.807, 2.05) is 0 Å². The van der Waals surface area contributed by atoms with E-state index >= 15 is 0 Å². The molecule has 1 aromatic rings. The van der Waals surface area contributed by atoms with Gasteiger partial charge in [0.1, 0.15) is 5.82 Å². The molecule has 1 aromatic heterocycles. The van der Waals surface area contributed by atoms with Gasteiger partial charge < -0.3 is 10.4 Å². The molecule has 0 bridgehead atoms. The molecular weight excluding hydrogens is 182 g/mol. The van der Waals surface area contributed by atoms with E-state index in [2.05, 4.69) is 21.9 Å². The van der Waals surface area contributed by atoms with E-state index in [1.54, 1.807) is 6.08 Å². The van der Waals surface area contributed by atoms with Crippen molar-refractivity contribution >= 4 is 11.8 Å². The Morgan fingerprint density at radius 3 is 3.07 bits per heavy atom. The molecule has 14 heavy (non-hydrogen) atoms. The zero-order valence-corrected chi connectivity index (χ0v) is 7.60. The number of anilines is 1. The van der Waals surface area contributed by atoms with Crippen LogP contribution in [0.4, 0.5) is 5.82 Å². The second-order valence-corrected chi connectivity index (χ2v) is 2.60. The number of nitrogens with zero attached hydrogens (tertiary/aromatic N) is 2. The lowest BCUT2D eigenvalue weighted by Gasteiger charge is -2.02. The first kappa shape index (κ1) is 10.2. The smallest absolute Gasteiger partial charge is 0.356 e. The first-order chi connectivity index (χ1) is 6.74. The Kier molecular flexibility index (Phi) is 3.60. The summed E-state index contributed by atoms with van der Waals surface area (Å²) in [4.78, 5) is 18.1.